The predicted octanol–water partition coefficient (Wildman–Crippen LogP) is 3.28. The van der Waals surface area contributed by atoms with Crippen LogP contribution in [0, 0.1) is 5.92 Å². The number of sulfone groups is 1. The predicted molar refractivity (Wildman–Crippen MR) is 109 cm³/mol. The highest BCUT2D eigenvalue weighted by atomic mass is 32.2. The SMILES string of the molecule is CC(C)Oc1ccc(S(C)(=O)=O)cc1C(=O)N1Cc2cn(CC3CC(F)(F)C3)nc2C1. The van der Waals surface area contributed by atoms with Crippen molar-refractivity contribution in [2.75, 3.05) is 6.26 Å². The van der Waals surface area contributed by atoms with Gasteiger partial charge in [-0.25, -0.2) is 17.2 Å². The summed E-state index contributed by atoms with van der Waals surface area (Å²) < 4.78 is 57.4. The van der Waals surface area contributed by atoms with Crippen LogP contribution in [0.3, 0.4) is 0 Å². The van der Waals surface area contributed by atoms with Crippen molar-refractivity contribution < 1.29 is 26.7 Å². The summed E-state index contributed by atoms with van der Waals surface area (Å²) in [5.41, 5.74) is 1.78. The van der Waals surface area contributed by atoms with Gasteiger partial charge in [-0.05, 0) is 38.0 Å². The van der Waals surface area contributed by atoms with Crippen molar-refractivity contribution in [2.45, 2.75) is 63.2 Å². The second kappa shape index (κ2) is 7.58. The molecule has 10 heteroatoms. The Labute approximate surface area is 179 Å². The van der Waals surface area contributed by atoms with E-state index in [4.69, 9.17) is 4.74 Å². The van der Waals surface area contributed by atoms with E-state index in [0.717, 1.165) is 17.5 Å². The summed E-state index contributed by atoms with van der Waals surface area (Å²) in [5.74, 6) is -2.65. The van der Waals surface area contributed by atoms with E-state index in [9.17, 15) is 22.0 Å². The number of carbonyl (C=O) groups is 1. The number of hydrogen-bond donors (Lipinski definition) is 0. The zero-order valence-corrected chi connectivity index (χ0v) is 18.5. The van der Waals surface area contributed by atoms with Crippen LogP contribution >= 0.6 is 0 Å². The third-order valence-corrected chi connectivity index (χ3v) is 6.62. The Hall–Kier alpha value is -2.49. The van der Waals surface area contributed by atoms with E-state index in [1.807, 2.05) is 13.8 Å². The molecule has 1 fully saturated rings. The number of nitrogens with zero attached hydrogens (tertiary/aromatic N) is 3. The van der Waals surface area contributed by atoms with E-state index < -0.39 is 15.8 Å². The first-order chi connectivity index (χ1) is 14.4. The van der Waals surface area contributed by atoms with Crippen LogP contribution in [0.4, 0.5) is 8.78 Å². The van der Waals surface area contributed by atoms with Gasteiger partial charge in [-0.15, -0.1) is 0 Å². The third-order valence-electron chi connectivity index (χ3n) is 5.51. The minimum Gasteiger partial charge on any atom is -0.490 e. The number of hydrogen-bond acceptors (Lipinski definition) is 5. The zero-order chi connectivity index (χ0) is 22.6. The molecule has 2 aromatic rings. The van der Waals surface area contributed by atoms with Gasteiger partial charge in [-0.3, -0.25) is 9.48 Å². The van der Waals surface area contributed by atoms with E-state index in [1.165, 1.54) is 18.2 Å². The highest BCUT2D eigenvalue weighted by Crippen LogP contribution is 2.43. The molecule has 1 aliphatic carbocycles. The number of rotatable bonds is 6. The van der Waals surface area contributed by atoms with Crippen LogP contribution in [-0.2, 0) is 29.5 Å². The Kier molecular flexibility index (Phi) is 5.31. The Morgan fingerprint density at radius 3 is 2.58 bits per heavy atom. The molecule has 0 atom stereocenters. The number of alkyl halides is 2. The van der Waals surface area contributed by atoms with Gasteiger partial charge < -0.3 is 9.64 Å². The number of ether oxygens (including phenoxy) is 1. The second-order valence-corrected chi connectivity index (χ2v) is 10.7. The van der Waals surface area contributed by atoms with Crippen LogP contribution in [0.1, 0.15) is 48.3 Å². The summed E-state index contributed by atoms with van der Waals surface area (Å²) in [6.07, 6.45) is 2.48. The largest absolute Gasteiger partial charge is 0.490 e. The fraction of sp³-hybridized carbons (Fsp3) is 0.524. The van der Waals surface area contributed by atoms with Gasteiger partial charge in [0.1, 0.15) is 5.75 Å². The quantitative estimate of drug-likeness (QED) is 0.671. The average Bonchev–Trinajstić information content (AvgIpc) is 3.17. The lowest BCUT2D eigenvalue weighted by atomic mass is 9.81. The van der Waals surface area contributed by atoms with Gasteiger partial charge in [0.15, 0.2) is 9.84 Å². The van der Waals surface area contributed by atoms with Crippen molar-refractivity contribution in [3.63, 3.8) is 0 Å². The molecule has 0 bridgehead atoms. The van der Waals surface area contributed by atoms with Crippen molar-refractivity contribution in [3.05, 3.63) is 41.2 Å². The lowest BCUT2D eigenvalue weighted by Gasteiger charge is -2.34. The number of amides is 1. The van der Waals surface area contributed by atoms with Gasteiger partial charge in [0, 0.05) is 43.9 Å². The van der Waals surface area contributed by atoms with Crippen molar-refractivity contribution in [2.24, 2.45) is 5.92 Å². The van der Waals surface area contributed by atoms with E-state index in [0.29, 0.717) is 18.8 Å². The Morgan fingerprint density at radius 2 is 2.00 bits per heavy atom. The maximum absolute atomic E-state index is 13.2. The van der Waals surface area contributed by atoms with Crippen molar-refractivity contribution in [1.29, 1.82) is 0 Å². The van der Waals surface area contributed by atoms with E-state index >= 15 is 0 Å². The van der Waals surface area contributed by atoms with Gasteiger partial charge in [0.05, 0.1) is 28.8 Å². The van der Waals surface area contributed by atoms with Crippen molar-refractivity contribution >= 4 is 15.7 Å². The summed E-state index contributed by atoms with van der Waals surface area (Å²) in [6, 6.07) is 4.28. The molecule has 1 aromatic heterocycles. The lowest BCUT2D eigenvalue weighted by Crippen LogP contribution is -2.37. The number of carbonyl (C=O) groups excluding carboxylic acids is 1. The van der Waals surface area contributed by atoms with Gasteiger partial charge >= 0.3 is 0 Å². The zero-order valence-electron chi connectivity index (χ0n) is 17.6. The first kappa shape index (κ1) is 21.7. The van der Waals surface area contributed by atoms with Crippen LogP contribution < -0.4 is 4.74 Å². The summed E-state index contributed by atoms with van der Waals surface area (Å²) in [5, 5.41) is 4.47. The molecule has 0 radical (unpaired) electrons. The molecule has 1 aromatic carbocycles. The van der Waals surface area contributed by atoms with Crippen LogP contribution in [0.2, 0.25) is 0 Å². The molecule has 2 heterocycles. The summed E-state index contributed by atoms with van der Waals surface area (Å²) in [6.45, 7) is 4.68. The Balaban J connectivity index is 1.51. The number of benzene rings is 1. The van der Waals surface area contributed by atoms with Gasteiger partial charge in [-0.2, -0.15) is 5.10 Å². The Morgan fingerprint density at radius 1 is 1.29 bits per heavy atom. The molecule has 1 aliphatic heterocycles. The van der Waals surface area contributed by atoms with Crippen molar-refractivity contribution in [3.8, 4) is 5.75 Å². The molecular formula is C21H25F2N3O4S. The molecule has 1 saturated carbocycles. The lowest BCUT2D eigenvalue weighted by molar-refractivity contribution is -0.114. The van der Waals surface area contributed by atoms with E-state index in [-0.39, 0.29) is 47.8 Å². The van der Waals surface area contributed by atoms with E-state index in [2.05, 4.69) is 5.10 Å². The first-order valence-electron chi connectivity index (χ1n) is 10.1. The molecule has 0 N–H and O–H groups in total. The maximum atomic E-state index is 13.2. The molecule has 1 amide bonds. The van der Waals surface area contributed by atoms with Crippen LogP contribution in [0.5, 0.6) is 5.75 Å². The second-order valence-electron chi connectivity index (χ2n) is 8.71. The first-order valence-corrected chi connectivity index (χ1v) is 12.0. The fourth-order valence-corrected chi connectivity index (χ4v) is 4.71. The minimum absolute atomic E-state index is 0.0476. The normalized spacial score (nSPS) is 18.2. The molecule has 0 spiro atoms. The molecule has 2 aliphatic rings. The van der Waals surface area contributed by atoms with Gasteiger partial charge in [0.25, 0.3) is 5.91 Å². The third kappa shape index (κ3) is 4.58. The molecule has 0 saturated heterocycles. The molecule has 168 valence electrons. The van der Waals surface area contributed by atoms with Crippen LogP contribution in [0.25, 0.3) is 0 Å². The highest BCUT2D eigenvalue weighted by Gasteiger charge is 2.45. The smallest absolute Gasteiger partial charge is 0.258 e. The number of halogens is 2. The fourth-order valence-electron chi connectivity index (χ4n) is 4.06. The molecule has 7 nitrogen and oxygen atoms in total. The van der Waals surface area contributed by atoms with E-state index in [1.54, 1.807) is 15.8 Å². The van der Waals surface area contributed by atoms with Gasteiger partial charge in [-0.1, -0.05) is 0 Å². The minimum atomic E-state index is -3.49. The standard InChI is InChI=1S/C21H25F2N3O4S/c1-13(2)30-19-5-4-16(31(3,28)29)6-17(19)20(27)25-10-15-11-26(24-18(15)12-25)9-14-7-21(22,23)8-14/h4-6,11,13-14H,7-10,12H2,1-3H3. The number of fused-ring (bicyclic) bond motifs is 1. The van der Waals surface area contributed by atoms with Crippen molar-refractivity contribution in [1.82, 2.24) is 14.7 Å². The maximum Gasteiger partial charge on any atom is 0.258 e. The Bertz CT molecular complexity index is 1100. The van der Waals surface area contributed by atoms with Crippen LogP contribution in [-0.4, -0.2) is 47.3 Å². The highest BCUT2D eigenvalue weighted by molar-refractivity contribution is 7.90. The number of aromatic nitrogens is 2. The molecule has 0 unspecified atom stereocenters. The average molecular weight is 454 g/mol. The molecular weight excluding hydrogens is 428 g/mol. The summed E-state index contributed by atoms with van der Waals surface area (Å²) in [4.78, 5) is 14.8. The molecule has 31 heavy (non-hydrogen) atoms. The monoisotopic (exact) mass is 453 g/mol. The topological polar surface area (TPSA) is 81.5 Å². The summed E-state index contributed by atoms with van der Waals surface area (Å²) >= 11 is 0. The van der Waals surface area contributed by atoms with Crippen LogP contribution in [0.15, 0.2) is 29.3 Å². The molecule has 4 rings (SSSR count). The van der Waals surface area contributed by atoms with Gasteiger partial charge in [0.2, 0.25) is 5.92 Å². The summed E-state index contributed by atoms with van der Waals surface area (Å²) in [7, 11) is -3.49.